The first kappa shape index (κ1) is 21.7. The third-order valence-electron chi connectivity index (χ3n) is 4.93. The van der Waals surface area contributed by atoms with E-state index in [-0.39, 0.29) is 30.6 Å². The lowest BCUT2D eigenvalue weighted by atomic mass is 10.0. The Morgan fingerprint density at radius 3 is 2.13 bits per heavy atom. The average molecular weight is 414 g/mol. The number of H-pyrrole nitrogens is 1. The summed E-state index contributed by atoms with van der Waals surface area (Å²) in [4.78, 5) is 15.6. The van der Waals surface area contributed by atoms with Crippen molar-refractivity contribution >= 4 is 5.91 Å². The van der Waals surface area contributed by atoms with E-state index in [1.54, 1.807) is 24.3 Å². The minimum atomic E-state index is -0.869. The molecule has 0 aliphatic heterocycles. The number of hydrogen-bond acceptors (Lipinski definition) is 3. The lowest BCUT2D eigenvalue weighted by Crippen LogP contribution is -2.44. The fraction of sp³-hybridized carbons (Fsp3) is 0.261. The van der Waals surface area contributed by atoms with Crippen LogP contribution in [0, 0.1) is 11.6 Å². The Kier molecular flexibility index (Phi) is 6.97. The van der Waals surface area contributed by atoms with Crippen LogP contribution in [0.3, 0.4) is 0 Å². The van der Waals surface area contributed by atoms with Crippen molar-refractivity contribution in [3.63, 3.8) is 0 Å². The lowest BCUT2D eigenvalue weighted by molar-refractivity contribution is -0.123. The largest absolute Gasteiger partial charge is 0.394 e. The van der Waals surface area contributed by atoms with Gasteiger partial charge in [-0.1, -0.05) is 0 Å². The molecule has 5 nitrogen and oxygen atoms in total. The van der Waals surface area contributed by atoms with Crippen LogP contribution in [0.5, 0.6) is 0 Å². The zero-order valence-electron chi connectivity index (χ0n) is 16.5. The van der Waals surface area contributed by atoms with E-state index in [2.05, 4.69) is 10.3 Å². The van der Waals surface area contributed by atoms with Crippen molar-refractivity contribution in [1.29, 1.82) is 0 Å². The third-order valence-corrected chi connectivity index (χ3v) is 4.93. The summed E-state index contributed by atoms with van der Waals surface area (Å²) in [6, 6.07) is 13.2. The van der Waals surface area contributed by atoms with E-state index in [4.69, 9.17) is 0 Å². The van der Waals surface area contributed by atoms with E-state index in [1.165, 1.54) is 31.2 Å². The fourth-order valence-electron chi connectivity index (χ4n) is 3.20. The summed E-state index contributed by atoms with van der Waals surface area (Å²) < 4.78 is 26.6. The highest BCUT2D eigenvalue weighted by Crippen LogP contribution is 2.30. The predicted molar refractivity (Wildman–Crippen MR) is 111 cm³/mol. The summed E-state index contributed by atoms with van der Waals surface area (Å²) in [7, 11) is 0. The summed E-state index contributed by atoms with van der Waals surface area (Å²) in [5.74, 6) is -0.986. The van der Waals surface area contributed by atoms with Crippen molar-refractivity contribution in [2.45, 2.75) is 31.9 Å². The molecule has 3 rings (SSSR count). The maximum atomic E-state index is 13.3. The molecule has 30 heavy (non-hydrogen) atoms. The summed E-state index contributed by atoms with van der Waals surface area (Å²) in [5, 5.41) is 21.4. The maximum Gasteiger partial charge on any atom is 0.220 e. The molecule has 0 saturated carbocycles. The number of benzene rings is 2. The van der Waals surface area contributed by atoms with Crippen LogP contribution in [-0.4, -0.2) is 39.9 Å². The van der Waals surface area contributed by atoms with Gasteiger partial charge in [-0.2, -0.15) is 0 Å². The van der Waals surface area contributed by atoms with Gasteiger partial charge in [0.25, 0.3) is 0 Å². The second kappa shape index (κ2) is 9.65. The molecule has 7 heteroatoms. The van der Waals surface area contributed by atoms with Gasteiger partial charge in [-0.05, 0) is 84.6 Å². The van der Waals surface area contributed by atoms with E-state index >= 15 is 0 Å². The molecule has 1 heterocycles. The van der Waals surface area contributed by atoms with Crippen molar-refractivity contribution in [2.24, 2.45) is 0 Å². The van der Waals surface area contributed by atoms with E-state index in [9.17, 15) is 23.8 Å². The van der Waals surface area contributed by atoms with Crippen LogP contribution in [0.2, 0.25) is 0 Å². The highest BCUT2D eigenvalue weighted by molar-refractivity contribution is 5.78. The van der Waals surface area contributed by atoms with Crippen molar-refractivity contribution in [1.82, 2.24) is 10.3 Å². The minimum Gasteiger partial charge on any atom is -0.394 e. The number of amides is 1. The van der Waals surface area contributed by atoms with Crippen molar-refractivity contribution in [2.75, 3.05) is 6.61 Å². The molecule has 0 aliphatic rings. The van der Waals surface area contributed by atoms with Gasteiger partial charge < -0.3 is 20.5 Å². The molecule has 2 atom stereocenters. The van der Waals surface area contributed by atoms with Gasteiger partial charge in [0.1, 0.15) is 11.6 Å². The average Bonchev–Trinajstić information content (AvgIpc) is 3.15. The number of rotatable bonds is 8. The highest BCUT2D eigenvalue weighted by Gasteiger charge is 2.18. The number of aliphatic hydroxyl groups is 2. The topological polar surface area (TPSA) is 85.3 Å². The Hall–Kier alpha value is -3.03. The number of aliphatic hydroxyl groups excluding tert-OH is 2. The van der Waals surface area contributed by atoms with E-state index in [0.717, 1.165) is 28.1 Å². The quantitative estimate of drug-likeness (QED) is 0.456. The molecule has 2 unspecified atom stereocenters. The Balaban J connectivity index is 1.85. The number of hydrogen-bond donors (Lipinski definition) is 4. The fourth-order valence-corrected chi connectivity index (χ4v) is 3.20. The van der Waals surface area contributed by atoms with Crippen LogP contribution < -0.4 is 5.32 Å². The Morgan fingerprint density at radius 2 is 1.60 bits per heavy atom. The Bertz CT molecular complexity index is 983. The molecule has 3 aromatic rings. The van der Waals surface area contributed by atoms with E-state index in [1.807, 2.05) is 6.07 Å². The normalized spacial score (nSPS) is 13.1. The molecular formula is C23H24F2N2O3. The molecule has 1 aromatic heterocycles. The second-order valence-corrected chi connectivity index (χ2v) is 7.19. The second-order valence-electron chi connectivity index (χ2n) is 7.19. The zero-order valence-corrected chi connectivity index (χ0v) is 16.5. The number of nitrogens with one attached hydrogen (secondary N) is 2. The number of carbonyl (C=O) groups excluding carboxylic acids is 1. The van der Waals surface area contributed by atoms with Crippen LogP contribution in [0.25, 0.3) is 22.5 Å². The Morgan fingerprint density at radius 1 is 1.03 bits per heavy atom. The third kappa shape index (κ3) is 5.31. The maximum absolute atomic E-state index is 13.3. The van der Waals surface area contributed by atoms with Crippen molar-refractivity contribution < 1.29 is 23.8 Å². The molecule has 158 valence electrons. The predicted octanol–water partition coefficient (Wildman–Crippen LogP) is 3.42. The molecule has 0 fully saturated rings. The zero-order chi connectivity index (χ0) is 21.7. The first-order valence-electron chi connectivity index (χ1n) is 9.69. The summed E-state index contributed by atoms with van der Waals surface area (Å²) in [5.41, 5.74) is 3.88. The lowest BCUT2D eigenvalue weighted by Gasteiger charge is -2.18. The number of aryl methyl sites for hydroxylation is 1. The molecule has 4 N–H and O–H groups in total. The van der Waals surface area contributed by atoms with Gasteiger partial charge in [0, 0.05) is 17.8 Å². The first-order valence-corrected chi connectivity index (χ1v) is 9.69. The first-order chi connectivity index (χ1) is 14.4. The van der Waals surface area contributed by atoms with Crippen LogP contribution in [0.15, 0.2) is 54.6 Å². The van der Waals surface area contributed by atoms with Gasteiger partial charge in [-0.15, -0.1) is 0 Å². The van der Waals surface area contributed by atoms with Crippen LogP contribution in [0.4, 0.5) is 8.78 Å². The van der Waals surface area contributed by atoms with Gasteiger partial charge in [-0.3, -0.25) is 4.79 Å². The molecule has 0 bridgehead atoms. The van der Waals surface area contributed by atoms with Crippen molar-refractivity contribution in [3.8, 4) is 22.5 Å². The summed E-state index contributed by atoms with van der Waals surface area (Å²) >= 11 is 0. The number of carbonyl (C=O) groups is 1. The minimum absolute atomic E-state index is 0.137. The summed E-state index contributed by atoms with van der Waals surface area (Å²) in [6.07, 6.45) is -0.349. The van der Waals surface area contributed by atoms with Crippen LogP contribution in [-0.2, 0) is 11.2 Å². The molecule has 0 aliphatic carbocycles. The van der Waals surface area contributed by atoms with Crippen LogP contribution in [0.1, 0.15) is 18.9 Å². The smallest absolute Gasteiger partial charge is 0.220 e. The molecular weight excluding hydrogens is 390 g/mol. The van der Waals surface area contributed by atoms with Crippen molar-refractivity contribution in [3.05, 3.63) is 71.8 Å². The molecule has 1 amide bonds. The van der Waals surface area contributed by atoms with Gasteiger partial charge in [-0.25, -0.2) is 8.78 Å². The number of aromatic amines is 1. The van der Waals surface area contributed by atoms with E-state index < -0.39 is 12.1 Å². The number of aromatic nitrogens is 1. The number of halogens is 2. The van der Waals surface area contributed by atoms with E-state index in [0.29, 0.717) is 6.42 Å². The summed E-state index contributed by atoms with van der Waals surface area (Å²) in [6.45, 7) is 1.14. The van der Waals surface area contributed by atoms with Gasteiger partial charge in [0.2, 0.25) is 5.91 Å². The standard InChI is InChI=1S/C23H24F2N2O3/c1-14(29)21(13-28)26-22(30)11-6-17-12-20(15-2-7-18(24)8-3-15)27-23(17)16-4-9-19(25)10-5-16/h2-5,7-10,12,14,21,27-29H,6,11,13H2,1H3,(H,26,30). The molecule has 2 aromatic carbocycles. The van der Waals surface area contributed by atoms with Gasteiger partial charge in [0.15, 0.2) is 0 Å². The molecule has 0 saturated heterocycles. The van der Waals surface area contributed by atoms with Gasteiger partial charge in [0.05, 0.1) is 18.8 Å². The Labute approximate surface area is 173 Å². The monoisotopic (exact) mass is 414 g/mol. The SMILES string of the molecule is CC(O)C(CO)NC(=O)CCc1cc(-c2ccc(F)cc2)[nH]c1-c1ccc(F)cc1. The van der Waals surface area contributed by atoms with Crippen LogP contribution >= 0.6 is 0 Å². The van der Waals surface area contributed by atoms with Gasteiger partial charge >= 0.3 is 0 Å². The molecule has 0 radical (unpaired) electrons. The highest BCUT2D eigenvalue weighted by atomic mass is 19.1. The molecule has 0 spiro atoms.